The van der Waals surface area contributed by atoms with Gasteiger partial charge in [0.05, 0.1) is 0 Å². The van der Waals surface area contributed by atoms with Crippen molar-refractivity contribution in [2.45, 2.75) is 44.2 Å². The Morgan fingerprint density at radius 1 is 1.06 bits per heavy atom. The first kappa shape index (κ1) is 11.1. The van der Waals surface area contributed by atoms with E-state index in [0.717, 1.165) is 18.6 Å². The fourth-order valence-corrected chi connectivity index (χ4v) is 2.59. The van der Waals surface area contributed by atoms with Crippen molar-refractivity contribution >= 4 is 0 Å². The zero-order valence-corrected chi connectivity index (χ0v) is 9.93. The van der Waals surface area contributed by atoms with Crippen molar-refractivity contribution in [3.63, 3.8) is 0 Å². The molecule has 1 saturated heterocycles. The fourth-order valence-electron chi connectivity index (χ4n) is 2.59. The van der Waals surface area contributed by atoms with Crippen molar-refractivity contribution in [1.29, 1.82) is 0 Å². The molecule has 3 rings (SSSR count). The highest BCUT2D eigenvalue weighted by atomic mass is 16.8. The molecule has 2 fully saturated rings. The van der Waals surface area contributed by atoms with Gasteiger partial charge in [-0.05, 0) is 25.0 Å². The smallest absolute Gasteiger partial charge is 0.226 e. The molecule has 0 radical (unpaired) electrons. The summed E-state index contributed by atoms with van der Waals surface area (Å²) in [7, 11) is 0. The highest BCUT2D eigenvalue weighted by molar-refractivity contribution is 5.21. The van der Waals surface area contributed by atoms with E-state index in [2.05, 4.69) is 0 Å². The summed E-state index contributed by atoms with van der Waals surface area (Å²) in [5.41, 5.74) is 0. The average Bonchev–Trinajstić information content (AvgIpc) is 2.74. The van der Waals surface area contributed by atoms with Gasteiger partial charge in [-0.2, -0.15) is 0 Å². The molecule has 17 heavy (non-hydrogen) atoms. The standard InChI is InChI=1S/C14H18O3/c1-3-7-12(8-4-1)16-13-11-15-14(17-13)9-5-2-6-10-14/h1,3-4,7-8,13H,2,5-6,9-11H2. The zero-order chi connectivity index (χ0) is 11.6. The average molecular weight is 234 g/mol. The molecule has 1 aliphatic heterocycles. The van der Waals surface area contributed by atoms with E-state index in [1.165, 1.54) is 19.3 Å². The van der Waals surface area contributed by atoms with Gasteiger partial charge in [-0.3, -0.25) is 0 Å². The van der Waals surface area contributed by atoms with Crippen LogP contribution >= 0.6 is 0 Å². The van der Waals surface area contributed by atoms with E-state index in [4.69, 9.17) is 14.2 Å². The Bertz CT molecular complexity index is 357. The summed E-state index contributed by atoms with van der Waals surface area (Å²) in [5, 5.41) is 0. The van der Waals surface area contributed by atoms with E-state index in [1.54, 1.807) is 0 Å². The molecular weight excluding hydrogens is 216 g/mol. The molecule has 3 nitrogen and oxygen atoms in total. The second kappa shape index (κ2) is 4.67. The molecule has 3 heteroatoms. The number of ether oxygens (including phenoxy) is 3. The van der Waals surface area contributed by atoms with Gasteiger partial charge in [0.2, 0.25) is 6.29 Å². The van der Waals surface area contributed by atoms with E-state index >= 15 is 0 Å². The van der Waals surface area contributed by atoms with Crippen molar-refractivity contribution in [2.75, 3.05) is 6.61 Å². The first-order chi connectivity index (χ1) is 8.36. The largest absolute Gasteiger partial charge is 0.462 e. The third-order valence-corrected chi connectivity index (χ3v) is 3.45. The predicted octanol–water partition coefficient (Wildman–Crippen LogP) is 3.10. The molecule has 92 valence electrons. The summed E-state index contributed by atoms with van der Waals surface area (Å²) in [6.45, 7) is 0.537. The summed E-state index contributed by atoms with van der Waals surface area (Å²) in [4.78, 5) is 0. The molecule has 0 N–H and O–H groups in total. The number of para-hydroxylation sites is 1. The second-order valence-corrected chi connectivity index (χ2v) is 4.76. The molecule has 1 saturated carbocycles. The molecule has 1 aromatic carbocycles. The lowest BCUT2D eigenvalue weighted by atomic mass is 9.94. The van der Waals surface area contributed by atoms with Gasteiger partial charge in [0.1, 0.15) is 12.4 Å². The maximum absolute atomic E-state index is 5.95. The lowest BCUT2D eigenvalue weighted by molar-refractivity contribution is -0.208. The van der Waals surface area contributed by atoms with Crippen molar-refractivity contribution in [3.05, 3.63) is 30.3 Å². The number of hydrogen-bond donors (Lipinski definition) is 0. The molecule has 0 aromatic heterocycles. The van der Waals surface area contributed by atoms with Crippen LogP contribution in [-0.2, 0) is 9.47 Å². The monoisotopic (exact) mass is 234 g/mol. The predicted molar refractivity (Wildman–Crippen MR) is 63.7 cm³/mol. The molecule has 1 unspecified atom stereocenters. The van der Waals surface area contributed by atoms with E-state index in [0.29, 0.717) is 6.61 Å². The summed E-state index contributed by atoms with van der Waals surface area (Å²) in [5.74, 6) is 0.492. The SMILES string of the molecule is c1ccc(OC2COC3(CCCCC3)O2)cc1. The maximum Gasteiger partial charge on any atom is 0.226 e. The van der Waals surface area contributed by atoms with Crippen LogP contribution in [0.1, 0.15) is 32.1 Å². The first-order valence-electron chi connectivity index (χ1n) is 6.40. The molecule has 1 heterocycles. The minimum atomic E-state index is -0.350. The molecule has 1 aromatic rings. The Balaban J connectivity index is 1.60. The lowest BCUT2D eigenvalue weighted by Gasteiger charge is -2.31. The van der Waals surface area contributed by atoms with Gasteiger partial charge in [-0.1, -0.05) is 24.6 Å². The van der Waals surface area contributed by atoms with Crippen molar-refractivity contribution < 1.29 is 14.2 Å². The van der Waals surface area contributed by atoms with Gasteiger partial charge in [0.15, 0.2) is 5.79 Å². The van der Waals surface area contributed by atoms with Crippen LogP contribution in [0, 0.1) is 0 Å². The van der Waals surface area contributed by atoms with Crippen molar-refractivity contribution in [3.8, 4) is 5.75 Å². The first-order valence-corrected chi connectivity index (χ1v) is 6.40. The van der Waals surface area contributed by atoms with Crippen LogP contribution in [0.5, 0.6) is 5.75 Å². The summed E-state index contributed by atoms with van der Waals surface area (Å²) >= 11 is 0. The summed E-state index contributed by atoms with van der Waals surface area (Å²) < 4.78 is 17.5. The Kier molecular flexibility index (Phi) is 3.04. The Morgan fingerprint density at radius 3 is 2.59 bits per heavy atom. The molecule has 1 aliphatic carbocycles. The van der Waals surface area contributed by atoms with Gasteiger partial charge < -0.3 is 14.2 Å². The molecule has 1 atom stereocenters. The van der Waals surface area contributed by atoms with Crippen LogP contribution in [0.3, 0.4) is 0 Å². The fraction of sp³-hybridized carbons (Fsp3) is 0.571. The van der Waals surface area contributed by atoms with Gasteiger partial charge in [-0.15, -0.1) is 0 Å². The van der Waals surface area contributed by atoms with Gasteiger partial charge in [0.25, 0.3) is 0 Å². The topological polar surface area (TPSA) is 27.7 Å². The van der Waals surface area contributed by atoms with Crippen LogP contribution in [0.2, 0.25) is 0 Å². The third kappa shape index (κ3) is 2.45. The van der Waals surface area contributed by atoms with E-state index in [9.17, 15) is 0 Å². The van der Waals surface area contributed by atoms with Crippen LogP contribution in [0.4, 0.5) is 0 Å². The van der Waals surface area contributed by atoms with Gasteiger partial charge in [-0.25, -0.2) is 0 Å². The number of benzene rings is 1. The van der Waals surface area contributed by atoms with Gasteiger partial charge >= 0.3 is 0 Å². The van der Waals surface area contributed by atoms with Crippen molar-refractivity contribution in [1.82, 2.24) is 0 Å². The van der Waals surface area contributed by atoms with Crippen LogP contribution in [-0.4, -0.2) is 18.7 Å². The molecule has 1 spiro atoms. The molecule has 0 bridgehead atoms. The van der Waals surface area contributed by atoms with Crippen LogP contribution in [0.25, 0.3) is 0 Å². The minimum Gasteiger partial charge on any atom is -0.462 e. The summed E-state index contributed by atoms with van der Waals surface area (Å²) in [6.07, 6.45) is 5.42. The van der Waals surface area contributed by atoms with Crippen LogP contribution < -0.4 is 4.74 Å². The van der Waals surface area contributed by atoms with E-state index < -0.39 is 0 Å². The zero-order valence-electron chi connectivity index (χ0n) is 9.93. The lowest BCUT2D eigenvalue weighted by Crippen LogP contribution is -2.34. The Labute approximate surface area is 102 Å². The highest BCUT2D eigenvalue weighted by Crippen LogP contribution is 2.38. The van der Waals surface area contributed by atoms with Gasteiger partial charge in [0, 0.05) is 12.8 Å². The molecule has 0 amide bonds. The highest BCUT2D eigenvalue weighted by Gasteiger charge is 2.43. The second-order valence-electron chi connectivity index (χ2n) is 4.76. The molecule has 2 aliphatic rings. The maximum atomic E-state index is 5.95. The Hall–Kier alpha value is -1.06. The van der Waals surface area contributed by atoms with Crippen molar-refractivity contribution in [2.24, 2.45) is 0 Å². The Morgan fingerprint density at radius 2 is 1.82 bits per heavy atom. The van der Waals surface area contributed by atoms with E-state index in [1.807, 2.05) is 30.3 Å². The minimum absolute atomic E-state index is 0.254. The molecular formula is C14H18O3. The van der Waals surface area contributed by atoms with E-state index in [-0.39, 0.29) is 12.1 Å². The quantitative estimate of drug-likeness (QED) is 0.787. The number of rotatable bonds is 2. The third-order valence-electron chi connectivity index (χ3n) is 3.45. The number of hydrogen-bond acceptors (Lipinski definition) is 3. The summed E-state index contributed by atoms with van der Waals surface area (Å²) in [6, 6.07) is 9.77. The van der Waals surface area contributed by atoms with Crippen LogP contribution in [0.15, 0.2) is 30.3 Å². The normalized spacial score (nSPS) is 27.2.